The summed E-state index contributed by atoms with van der Waals surface area (Å²) in [4.78, 5) is 21.2. The zero-order chi connectivity index (χ0) is 18.1. The van der Waals surface area contributed by atoms with E-state index in [4.69, 9.17) is 11.6 Å². The molecule has 4 nitrogen and oxygen atoms in total. The molecule has 0 bridgehead atoms. The molecule has 0 saturated carbocycles. The molecule has 0 radical (unpaired) electrons. The molecular formula is C20H16ClN3OS. The van der Waals surface area contributed by atoms with E-state index in [0.717, 1.165) is 32.0 Å². The van der Waals surface area contributed by atoms with Crippen molar-refractivity contribution in [2.75, 3.05) is 0 Å². The minimum atomic E-state index is -0.0970. The molecule has 0 spiro atoms. The molecule has 130 valence electrons. The van der Waals surface area contributed by atoms with Crippen molar-refractivity contribution in [3.63, 3.8) is 0 Å². The molecule has 0 unspecified atom stereocenters. The van der Waals surface area contributed by atoms with Crippen LogP contribution in [0.15, 0.2) is 54.7 Å². The lowest BCUT2D eigenvalue weighted by Crippen LogP contribution is -2.22. The fourth-order valence-electron chi connectivity index (χ4n) is 2.80. The van der Waals surface area contributed by atoms with E-state index in [1.807, 2.05) is 61.7 Å². The van der Waals surface area contributed by atoms with Crippen LogP contribution in [0.4, 0.5) is 0 Å². The molecule has 2 heterocycles. The van der Waals surface area contributed by atoms with Gasteiger partial charge < -0.3 is 10.3 Å². The molecule has 6 heteroatoms. The summed E-state index contributed by atoms with van der Waals surface area (Å²) < 4.78 is 0. The summed E-state index contributed by atoms with van der Waals surface area (Å²) >= 11 is 7.81. The number of benzene rings is 2. The Morgan fingerprint density at radius 2 is 2.08 bits per heavy atom. The number of amides is 1. The Labute approximate surface area is 159 Å². The standard InChI is InChI=1S/C20H16ClN3OS/c1-12-18(26-20(24-12)15-4-2-3-5-16(15)21)11-23-19(25)14-6-7-17-13(10-14)8-9-22-17/h2-10,22H,11H2,1H3,(H,23,25). The van der Waals surface area contributed by atoms with E-state index in [-0.39, 0.29) is 5.91 Å². The van der Waals surface area contributed by atoms with Crippen LogP contribution in [0.1, 0.15) is 20.9 Å². The summed E-state index contributed by atoms with van der Waals surface area (Å²) in [5.74, 6) is -0.0970. The predicted octanol–water partition coefficient (Wildman–Crippen LogP) is 5.18. The number of hydrogen-bond acceptors (Lipinski definition) is 3. The second-order valence-electron chi connectivity index (χ2n) is 5.97. The highest BCUT2D eigenvalue weighted by atomic mass is 35.5. The van der Waals surface area contributed by atoms with Gasteiger partial charge in [-0.25, -0.2) is 4.98 Å². The SMILES string of the molecule is Cc1nc(-c2ccccc2Cl)sc1CNC(=O)c1ccc2[nH]ccc2c1. The third-order valence-electron chi connectivity index (χ3n) is 4.22. The normalized spacial score (nSPS) is 11.0. The van der Waals surface area contributed by atoms with Gasteiger partial charge >= 0.3 is 0 Å². The Bertz CT molecular complexity index is 1100. The van der Waals surface area contributed by atoms with Crippen LogP contribution in [0.2, 0.25) is 5.02 Å². The van der Waals surface area contributed by atoms with Gasteiger partial charge in [-0.2, -0.15) is 0 Å². The molecule has 2 N–H and O–H groups in total. The Morgan fingerprint density at radius 1 is 1.23 bits per heavy atom. The van der Waals surface area contributed by atoms with Crippen LogP contribution in [0.5, 0.6) is 0 Å². The fraction of sp³-hybridized carbons (Fsp3) is 0.100. The van der Waals surface area contributed by atoms with Crippen LogP contribution in [0.3, 0.4) is 0 Å². The second kappa shape index (κ2) is 6.94. The Morgan fingerprint density at radius 3 is 2.92 bits per heavy atom. The molecule has 0 saturated heterocycles. The minimum Gasteiger partial charge on any atom is -0.361 e. The highest BCUT2D eigenvalue weighted by molar-refractivity contribution is 7.15. The summed E-state index contributed by atoms with van der Waals surface area (Å²) in [5.41, 5.74) is 3.49. The van der Waals surface area contributed by atoms with E-state index in [1.165, 1.54) is 0 Å². The van der Waals surface area contributed by atoms with Crippen LogP contribution >= 0.6 is 22.9 Å². The second-order valence-corrected chi connectivity index (χ2v) is 7.46. The maximum Gasteiger partial charge on any atom is 0.251 e. The molecule has 1 amide bonds. The van der Waals surface area contributed by atoms with Crippen LogP contribution in [0, 0.1) is 6.92 Å². The lowest BCUT2D eigenvalue weighted by atomic mass is 10.1. The molecule has 0 aliphatic heterocycles. The summed E-state index contributed by atoms with van der Waals surface area (Å²) in [5, 5.41) is 5.55. The predicted molar refractivity (Wildman–Crippen MR) is 107 cm³/mol. The number of nitrogens with zero attached hydrogens (tertiary/aromatic N) is 1. The first-order valence-electron chi connectivity index (χ1n) is 8.18. The average molecular weight is 382 g/mol. The highest BCUT2D eigenvalue weighted by Gasteiger charge is 2.13. The molecule has 0 fully saturated rings. The van der Waals surface area contributed by atoms with Gasteiger partial charge in [0.1, 0.15) is 5.01 Å². The molecule has 0 atom stereocenters. The summed E-state index contributed by atoms with van der Waals surface area (Å²) in [6.45, 7) is 2.39. The number of fused-ring (bicyclic) bond motifs is 1. The van der Waals surface area contributed by atoms with Crippen molar-refractivity contribution in [2.45, 2.75) is 13.5 Å². The van der Waals surface area contributed by atoms with Gasteiger partial charge in [-0.1, -0.05) is 29.8 Å². The summed E-state index contributed by atoms with van der Waals surface area (Å²) in [6, 6.07) is 15.2. The molecule has 4 rings (SSSR count). The Hall–Kier alpha value is -2.63. The average Bonchev–Trinajstić information content (AvgIpc) is 3.25. The summed E-state index contributed by atoms with van der Waals surface area (Å²) in [7, 11) is 0. The van der Waals surface area contributed by atoms with Gasteiger partial charge in [0.05, 0.1) is 17.3 Å². The number of thiazole rings is 1. The molecule has 0 aliphatic carbocycles. The largest absolute Gasteiger partial charge is 0.361 e. The number of aromatic nitrogens is 2. The number of rotatable bonds is 4. The number of nitrogens with one attached hydrogen (secondary N) is 2. The first kappa shape index (κ1) is 16.8. The molecule has 4 aromatic rings. The Kier molecular flexibility index (Phi) is 4.49. The number of H-pyrrole nitrogens is 1. The van der Waals surface area contributed by atoms with E-state index < -0.39 is 0 Å². The van der Waals surface area contributed by atoms with Gasteiger partial charge in [-0.05, 0) is 37.3 Å². The van der Waals surface area contributed by atoms with Crippen molar-refractivity contribution in [3.8, 4) is 10.6 Å². The van der Waals surface area contributed by atoms with Crippen molar-refractivity contribution < 1.29 is 4.79 Å². The third-order valence-corrected chi connectivity index (χ3v) is 5.74. The van der Waals surface area contributed by atoms with E-state index in [9.17, 15) is 4.79 Å². The molecule has 2 aromatic carbocycles. The van der Waals surface area contributed by atoms with Crippen LogP contribution < -0.4 is 5.32 Å². The smallest absolute Gasteiger partial charge is 0.251 e. The van der Waals surface area contributed by atoms with E-state index in [1.54, 1.807) is 11.3 Å². The lowest BCUT2D eigenvalue weighted by Gasteiger charge is -2.04. The minimum absolute atomic E-state index is 0.0970. The van der Waals surface area contributed by atoms with Crippen molar-refractivity contribution in [1.82, 2.24) is 15.3 Å². The van der Waals surface area contributed by atoms with E-state index >= 15 is 0 Å². The van der Waals surface area contributed by atoms with Crippen LogP contribution in [-0.4, -0.2) is 15.9 Å². The molecule has 2 aromatic heterocycles. The van der Waals surface area contributed by atoms with Gasteiger partial charge in [-0.3, -0.25) is 4.79 Å². The maximum absolute atomic E-state index is 12.5. The van der Waals surface area contributed by atoms with E-state index in [0.29, 0.717) is 17.1 Å². The lowest BCUT2D eigenvalue weighted by molar-refractivity contribution is 0.0951. The summed E-state index contributed by atoms with van der Waals surface area (Å²) in [6.07, 6.45) is 1.86. The number of carbonyl (C=O) groups is 1. The zero-order valence-electron chi connectivity index (χ0n) is 14.0. The van der Waals surface area contributed by atoms with Gasteiger partial charge in [0.15, 0.2) is 0 Å². The number of carbonyl (C=O) groups excluding carboxylic acids is 1. The number of aryl methyl sites for hydroxylation is 1. The van der Waals surface area contributed by atoms with Crippen molar-refractivity contribution >= 4 is 39.7 Å². The monoisotopic (exact) mass is 381 g/mol. The molecular weight excluding hydrogens is 366 g/mol. The van der Waals surface area contributed by atoms with Crippen molar-refractivity contribution in [3.05, 3.63) is 75.9 Å². The van der Waals surface area contributed by atoms with Gasteiger partial charge in [0.25, 0.3) is 5.91 Å². The number of aromatic amines is 1. The zero-order valence-corrected chi connectivity index (χ0v) is 15.6. The molecule has 0 aliphatic rings. The first-order valence-corrected chi connectivity index (χ1v) is 9.38. The third kappa shape index (κ3) is 3.23. The van der Waals surface area contributed by atoms with Crippen molar-refractivity contribution in [2.24, 2.45) is 0 Å². The van der Waals surface area contributed by atoms with Crippen molar-refractivity contribution in [1.29, 1.82) is 0 Å². The number of halogens is 1. The molecule has 26 heavy (non-hydrogen) atoms. The van der Waals surface area contributed by atoms with Gasteiger partial charge in [0, 0.05) is 33.1 Å². The number of hydrogen-bond donors (Lipinski definition) is 2. The topological polar surface area (TPSA) is 57.8 Å². The maximum atomic E-state index is 12.5. The van der Waals surface area contributed by atoms with Gasteiger partial charge in [0.2, 0.25) is 0 Å². The van der Waals surface area contributed by atoms with Gasteiger partial charge in [-0.15, -0.1) is 11.3 Å². The first-order chi connectivity index (χ1) is 12.6. The van der Waals surface area contributed by atoms with Crippen LogP contribution in [-0.2, 0) is 6.54 Å². The Balaban J connectivity index is 1.51. The van der Waals surface area contributed by atoms with E-state index in [2.05, 4.69) is 15.3 Å². The highest BCUT2D eigenvalue weighted by Crippen LogP contribution is 2.32. The quantitative estimate of drug-likeness (QED) is 0.511. The van der Waals surface area contributed by atoms with Crippen LogP contribution in [0.25, 0.3) is 21.5 Å². The fourth-order valence-corrected chi connectivity index (χ4v) is 4.12.